The summed E-state index contributed by atoms with van der Waals surface area (Å²) < 4.78 is 0. The number of nitrogens with zero attached hydrogens (tertiary/aromatic N) is 1. The van der Waals surface area contributed by atoms with Gasteiger partial charge in [-0.2, -0.15) is 5.26 Å². The average Bonchev–Trinajstić information content (AvgIpc) is 2.43. The number of hydrogen-bond donors (Lipinski definition) is 0. The van der Waals surface area contributed by atoms with Gasteiger partial charge in [0.25, 0.3) is 0 Å². The normalized spacial score (nSPS) is 38.9. The van der Waals surface area contributed by atoms with Gasteiger partial charge >= 0.3 is 0 Å². The molecule has 0 N–H and O–H groups in total. The summed E-state index contributed by atoms with van der Waals surface area (Å²) in [6.07, 6.45) is 11.3. The molecule has 1 aromatic rings. The fraction of sp³-hybridized carbons (Fsp3) is 0.353. The van der Waals surface area contributed by atoms with Crippen molar-refractivity contribution >= 4 is 6.08 Å². The molecule has 1 aromatic carbocycles. The fourth-order valence-corrected chi connectivity index (χ4v) is 4.24. The lowest BCUT2D eigenvalue weighted by Gasteiger charge is -2.59. The summed E-state index contributed by atoms with van der Waals surface area (Å²) in [7, 11) is 0. The number of benzene rings is 1. The van der Waals surface area contributed by atoms with E-state index in [-0.39, 0.29) is 5.41 Å². The molecule has 1 heteroatoms. The Morgan fingerprint density at radius 3 is 3.06 bits per heavy atom. The lowest BCUT2D eigenvalue weighted by molar-refractivity contribution is 0.0316. The van der Waals surface area contributed by atoms with Crippen molar-refractivity contribution in [3.63, 3.8) is 0 Å². The molecule has 0 aromatic heterocycles. The van der Waals surface area contributed by atoms with Crippen molar-refractivity contribution < 1.29 is 0 Å². The molecule has 4 atom stereocenters. The summed E-state index contributed by atoms with van der Waals surface area (Å²) >= 11 is 0. The number of hydrogen-bond acceptors (Lipinski definition) is 1. The second-order valence-electron chi connectivity index (χ2n) is 5.68. The van der Waals surface area contributed by atoms with E-state index >= 15 is 0 Å². The Morgan fingerprint density at radius 1 is 1.28 bits per heavy atom. The zero-order valence-corrected chi connectivity index (χ0v) is 10.2. The van der Waals surface area contributed by atoms with Crippen LogP contribution in [0.3, 0.4) is 0 Å². The van der Waals surface area contributed by atoms with E-state index in [1.165, 1.54) is 24.0 Å². The second-order valence-corrected chi connectivity index (χ2v) is 5.68. The topological polar surface area (TPSA) is 23.8 Å². The third-order valence-electron chi connectivity index (χ3n) is 5.03. The van der Waals surface area contributed by atoms with Crippen LogP contribution in [-0.4, -0.2) is 0 Å². The van der Waals surface area contributed by atoms with Gasteiger partial charge in [-0.25, -0.2) is 0 Å². The Bertz CT molecular complexity index is 604. The minimum atomic E-state index is -0.268. The third-order valence-corrected chi connectivity index (χ3v) is 5.03. The van der Waals surface area contributed by atoms with Crippen molar-refractivity contribution in [2.75, 3.05) is 0 Å². The summed E-state index contributed by atoms with van der Waals surface area (Å²) in [6, 6.07) is 11.2. The van der Waals surface area contributed by atoms with Crippen LogP contribution in [0.15, 0.2) is 42.5 Å². The molecular formula is C17H15N. The standard InChI is InChI=1S/C17H15N/c18-11-17-10-9-12-5-1-2-6-13(12)16(17)14-7-3-4-8-15(14)17/h1-2,4-6,8-10,14-16H,3,7H2/t14-,15+,16-,17-/m1/s1. The third kappa shape index (κ3) is 1.02. The zero-order valence-electron chi connectivity index (χ0n) is 10.2. The van der Waals surface area contributed by atoms with Gasteiger partial charge in [-0.05, 0) is 29.9 Å². The Hall–Kier alpha value is -1.81. The first-order chi connectivity index (χ1) is 8.87. The number of rotatable bonds is 0. The molecule has 4 rings (SSSR count). The summed E-state index contributed by atoms with van der Waals surface area (Å²) in [5.74, 6) is 1.52. The van der Waals surface area contributed by atoms with Gasteiger partial charge < -0.3 is 0 Å². The molecule has 0 radical (unpaired) electrons. The van der Waals surface area contributed by atoms with Crippen molar-refractivity contribution in [2.45, 2.75) is 18.8 Å². The summed E-state index contributed by atoms with van der Waals surface area (Å²) in [5.41, 5.74) is 2.43. The fourth-order valence-electron chi connectivity index (χ4n) is 4.24. The van der Waals surface area contributed by atoms with Gasteiger partial charge in [0.2, 0.25) is 0 Å². The molecule has 0 unspecified atom stereocenters. The minimum absolute atomic E-state index is 0.268. The van der Waals surface area contributed by atoms with E-state index in [9.17, 15) is 5.26 Å². The van der Waals surface area contributed by atoms with Crippen LogP contribution in [0.4, 0.5) is 0 Å². The van der Waals surface area contributed by atoms with Crippen LogP contribution < -0.4 is 0 Å². The predicted molar refractivity (Wildman–Crippen MR) is 71.6 cm³/mol. The summed E-state index contributed by atoms with van der Waals surface area (Å²) in [5, 5.41) is 9.70. The van der Waals surface area contributed by atoms with Crippen molar-refractivity contribution in [3.05, 3.63) is 53.6 Å². The largest absolute Gasteiger partial charge is 0.197 e. The van der Waals surface area contributed by atoms with Crippen molar-refractivity contribution in [1.82, 2.24) is 0 Å². The molecule has 3 aliphatic rings. The highest BCUT2D eigenvalue weighted by Crippen LogP contribution is 2.66. The molecule has 0 bridgehead atoms. The van der Waals surface area contributed by atoms with Gasteiger partial charge in [-0.3, -0.25) is 0 Å². The molecular weight excluding hydrogens is 218 g/mol. The lowest BCUT2D eigenvalue weighted by atomic mass is 9.42. The molecule has 1 nitrogen and oxygen atoms in total. The smallest absolute Gasteiger partial charge is 0.0893 e. The van der Waals surface area contributed by atoms with E-state index in [1.54, 1.807) is 0 Å². The number of allylic oxidation sites excluding steroid dienone is 3. The van der Waals surface area contributed by atoms with Crippen LogP contribution in [0, 0.1) is 28.6 Å². The lowest BCUT2D eigenvalue weighted by Crippen LogP contribution is -2.54. The van der Waals surface area contributed by atoms with Crippen LogP contribution >= 0.6 is 0 Å². The highest BCUT2D eigenvalue weighted by atomic mass is 14.6. The van der Waals surface area contributed by atoms with Gasteiger partial charge in [0.15, 0.2) is 0 Å². The van der Waals surface area contributed by atoms with E-state index in [0.717, 1.165) is 0 Å². The molecule has 18 heavy (non-hydrogen) atoms. The quantitative estimate of drug-likeness (QED) is 0.623. The summed E-state index contributed by atoms with van der Waals surface area (Å²) in [6.45, 7) is 0. The Morgan fingerprint density at radius 2 is 2.17 bits per heavy atom. The van der Waals surface area contributed by atoms with Crippen LogP contribution in [0.5, 0.6) is 0 Å². The first kappa shape index (κ1) is 10.1. The number of fused-ring (bicyclic) bond motifs is 6. The molecule has 0 amide bonds. The molecule has 0 heterocycles. The van der Waals surface area contributed by atoms with Gasteiger partial charge in [0.05, 0.1) is 11.5 Å². The maximum atomic E-state index is 9.70. The molecule has 0 aliphatic heterocycles. The van der Waals surface area contributed by atoms with Crippen LogP contribution in [-0.2, 0) is 0 Å². The molecule has 0 spiro atoms. The van der Waals surface area contributed by atoms with E-state index in [1.807, 2.05) is 0 Å². The van der Waals surface area contributed by atoms with Crippen molar-refractivity contribution in [2.24, 2.45) is 17.3 Å². The summed E-state index contributed by atoms with van der Waals surface area (Å²) in [4.78, 5) is 0. The maximum absolute atomic E-state index is 9.70. The second kappa shape index (κ2) is 3.36. The highest BCUT2D eigenvalue weighted by Gasteiger charge is 2.61. The monoisotopic (exact) mass is 233 g/mol. The van der Waals surface area contributed by atoms with E-state index in [4.69, 9.17) is 0 Å². The van der Waals surface area contributed by atoms with E-state index in [2.05, 4.69) is 54.6 Å². The Kier molecular flexibility index (Phi) is 1.89. The minimum Gasteiger partial charge on any atom is -0.197 e. The van der Waals surface area contributed by atoms with E-state index < -0.39 is 0 Å². The van der Waals surface area contributed by atoms with Gasteiger partial charge in [-0.1, -0.05) is 48.6 Å². The first-order valence-electron chi connectivity index (χ1n) is 6.73. The van der Waals surface area contributed by atoms with Crippen molar-refractivity contribution in [1.29, 1.82) is 5.26 Å². The van der Waals surface area contributed by atoms with E-state index in [0.29, 0.717) is 17.8 Å². The maximum Gasteiger partial charge on any atom is 0.0893 e. The van der Waals surface area contributed by atoms with Gasteiger partial charge in [-0.15, -0.1) is 0 Å². The highest BCUT2D eigenvalue weighted by molar-refractivity contribution is 5.64. The van der Waals surface area contributed by atoms with Crippen LogP contribution in [0.2, 0.25) is 0 Å². The zero-order chi connectivity index (χ0) is 12.2. The SMILES string of the molecule is N#C[C@@]12C=Cc3ccccc3[C@@H]1[C@@H]1CCC=C[C@@H]12. The average molecular weight is 233 g/mol. The van der Waals surface area contributed by atoms with Gasteiger partial charge in [0, 0.05) is 11.8 Å². The van der Waals surface area contributed by atoms with Gasteiger partial charge in [0.1, 0.15) is 0 Å². The molecule has 1 saturated carbocycles. The van der Waals surface area contributed by atoms with Crippen molar-refractivity contribution in [3.8, 4) is 6.07 Å². The first-order valence-corrected chi connectivity index (χ1v) is 6.73. The van der Waals surface area contributed by atoms with Crippen LogP contribution in [0.25, 0.3) is 6.08 Å². The molecule has 88 valence electrons. The number of nitriles is 1. The molecule has 0 saturated heterocycles. The Labute approximate surface area is 107 Å². The Balaban J connectivity index is 1.90. The molecule has 3 aliphatic carbocycles. The van der Waals surface area contributed by atoms with Crippen LogP contribution in [0.1, 0.15) is 29.9 Å². The molecule has 1 fully saturated rings. The predicted octanol–water partition coefficient (Wildman–Crippen LogP) is 3.90.